The first kappa shape index (κ1) is 18.2. The molecule has 1 rings (SSSR count). The second-order valence-corrected chi connectivity index (χ2v) is 7.18. The van der Waals surface area contributed by atoms with Gasteiger partial charge in [0.2, 0.25) is 10.0 Å². The summed E-state index contributed by atoms with van der Waals surface area (Å²) in [6.45, 7) is 6.49. The van der Waals surface area contributed by atoms with Crippen molar-refractivity contribution in [2.75, 3.05) is 45.5 Å². The molecule has 1 fully saturated rings. The van der Waals surface area contributed by atoms with Crippen LogP contribution in [0.2, 0.25) is 0 Å². The van der Waals surface area contributed by atoms with E-state index in [4.69, 9.17) is 0 Å². The molecule has 0 atom stereocenters. The fourth-order valence-electron chi connectivity index (χ4n) is 2.45. The summed E-state index contributed by atoms with van der Waals surface area (Å²) in [6, 6.07) is 0. The van der Waals surface area contributed by atoms with Gasteiger partial charge in [0.15, 0.2) is 5.96 Å². The van der Waals surface area contributed by atoms with Crippen LogP contribution in [0.4, 0.5) is 0 Å². The maximum Gasteiger partial charge on any atom is 0.215 e. The number of guanidine groups is 1. The fourth-order valence-corrected chi connectivity index (χ4v) is 3.85. The molecule has 0 amide bonds. The molecule has 8 heteroatoms. The van der Waals surface area contributed by atoms with E-state index in [2.05, 4.69) is 15.2 Å². The average molecular weight is 320 g/mol. The SMILES string of the molecule is CCN(CC)S(=O)(=O)CCNC(=NC)N1CCC(O)CC1. The van der Waals surface area contributed by atoms with Gasteiger partial charge in [0, 0.05) is 39.8 Å². The Morgan fingerprint density at radius 2 is 1.90 bits per heavy atom. The van der Waals surface area contributed by atoms with Crippen LogP contribution in [0.3, 0.4) is 0 Å². The molecule has 7 nitrogen and oxygen atoms in total. The zero-order chi connectivity index (χ0) is 15.9. The lowest BCUT2D eigenvalue weighted by atomic mass is 10.1. The lowest BCUT2D eigenvalue weighted by Crippen LogP contribution is -2.48. The summed E-state index contributed by atoms with van der Waals surface area (Å²) >= 11 is 0. The van der Waals surface area contributed by atoms with E-state index in [-0.39, 0.29) is 11.9 Å². The molecule has 2 N–H and O–H groups in total. The Balaban J connectivity index is 2.46. The zero-order valence-electron chi connectivity index (χ0n) is 13.2. The molecule has 0 aromatic carbocycles. The fraction of sp³-hybridized carbons (Fsp3) is 0.923. The van der Waals surface area contributed by atoms with Crippen LogP contribution >= 0.6 is 0 Å². The number of aliphatic hydroxyl groups excluding tert-OH is 1. The Kier molecular flexibility index (Phi) is 7.41. The van der Waals surface area contributed by atoms with Crippen molar-refractivity contribution < 1.29 is 13.5 Å². The topological polar surface area (TPSA) is 85.2 Å². The van der Waals surface area contributed by atoms with Crippen molar-refractivity contribution in [1.29, 1.82) is 0 Å². The lowest BCUT2D eigenvalue weighted by molar-refractivity contribution is 0.108. The summed E-state index contributed by atoms with van der Waals surface area (Å²) in [6.07, 6.45) is 1.21. The minimum atomic E-state index is -3.21. The molecule has 0 aliphatic carbocycles. The van der Waals surface area contributed by atoms with E-state index in [1.165, 1.54) is 4.31 Å². The molecule has 0 aromatic heterocycles. The summed E-state index contributed by atoms with van der Waals surface area (Å²) < 4.78 is 25.6. The van der Waals surface area contributed by atoms with Crippen molar-refractivity contribution in [3.8, 4) is 0 Å². The van der Waals surface area contributed by atoms with Crippen LogP contribution in [0.15, 0.2) is 4.99 Å². The molecular weight excluding hydrogens is 292 g/mol. The molecule has 1 aliphatic heterocycles. The number of sulfonamides is 1. The van der Waals surface area contributed by atoms with Gasteiger partial charge in [0.25, 0.3) is 0 Å². The number of rotatable bonds is 6. The third-order valence-corrected chi connectivity index (χ3v) is 5.74. The maximum atomic E-state index is 12.1. The lowest BCUT2D eigenvalue weighted by Gasteiger charge is -2.32. The highest BCUT2D eigenvalue weighted by Crippen LogP contribution is 2.09. The van der Waals surface area contributed by atoms with Crippen LogP contribution in [0, 0.1) is 0 Å². The van der Waals surface area contributed by atoms with Crippen LogP contribution < -0.4 is 5.32 Å². The molecule has 0 bridgehead atoms. The first-order valence-electron chi connectivity index (χ1n) is 7.56. The Hall–Kier alpha value is -0.860. The normalized spacial score (nSPS) is 18.3. The first-order chi connectivity index (χ1) is 9.94. The number of aliphatic imine (C=N–C) groups is 1. The quantitative estimate of drug-likeness (QED) is 0.518. The van der Waals surface area contributed by atoms with Gasteiger partial charge >= 0.3 is 0 Å². The minimum absolute atomic E-state index is 0.0597. The molecule has 0 aromatic rings. The molecule has 1 heterocycles. The molecule has 0 unspecified atom stereocenters. The Bertz CT molecular complexity index is 427. The van der Waals surface area contributed by atoms with Crippen LogP contribution in [0.5, 0.6) is 0 Å². The van der Waals surface area contributed by atoms with Gasteiger partial charge in [-0.25, -0.2) is 12.7 Å². The number of hydrogen-bond acceptors (Lipinski definition) is 4. The van der Waals surface area contributed by atoms with Crippen molar-refractivity contribution >= 4 is 16.0 Å². The van der Waals surface area contributed by atoms with Crippen LogP contribution in [0.25, 0.3) is 0 Å². The number of hydrogen-bond donors (Lipinski definition) is 2. The Morgan fingerprint density at radius 1 is 1.33 bits per heavy atom. The molecule has 21 heavy (non-hydrogen) atoms. The molecule has 0 spiro atoms. The maximum absolute atomic E-state index is 12.1. The van der Waals surface area contributed by atoms with E-state index in [0.717, 1.165) is 25.9 Å². The molecule has 124 valence electrons. The van der Waals surface area contributed by atoms with Crippen molar-refractivity contribution in [2.24, 2.45) is 4.99 Å². The van der Waals surface area contributed by atoms with E-state index >= 15 is 0 Å². The van der Waals surface area contributed by atoms with Gasteiger partial charge in [0.05, 0.1) is 11.9 Å². The van der Waals surface area contributed by atoms with Gasteiger partial charge in [0.1, 0.15) is 0 Å². The van der Waals surface area contributed by atoms with Gasteiger partial charge in [-0.1, -0.05) is 13.8 Å². The van der Waals surface area contributed by atoms with Crippen LogP contribution in [0.1, 0.15) is 26.7 Å². The van der Waals surface area contributed by atoms with Crippen molar-refractivity contribution in [1.82, 2.24) is 14.5 Å². The van der Waals surface area contributed by atoms with E-state index in [9.17, 15) is 13.5 Å². The summed E-state index contributed by atoms with van der Waals surface area (Å²) in [7, 11) is -1.52. The summed E-state index contributed by atoms with van der Waals surface area (Å²) in [5, 5.41) is 12.6. The van der Waals surface area contributed by atoms with Gasteiger partial charge in [-0.15, -0.1) is 0 Å². The van der Waals surface area contributed by atoms with Crippen molar-refractivity contribution in [3.63, 3.8) is 0 Å². The third kappa shape index (κ3) is 5.44. The highest BCUT2D eigenvalue weighted by atomic mass is 32.2. The molecule has 0 radical (unpaired) electrons. The van der Waals surface area contributed by atoms with E-state index in [1.807, 2.05) is 13.8 Å². The predicted molar refractivity (Wildman–Crippen MR) is 84.9 cm³/mol. The second kappa shape index (κ2) is 8.55. The van der Waals surface area contributed by atoms with Gasteiger partial charge in [-0.2, -0.15) is 0 Å². The molecule has 1 saturated heterocycles. The smallest absolute Gasteiger partial charge is 0.215 e. The highest BCUT2D eigenvalue weighted by Gasteiger charge is 2.21. The number of nitrogens with one attached hydrogen (secondary N) is 1. The Labute approximate surface area is 128 Å². The summed E-state index contributed by atoms with van der Waals surface area (Å²) in [5.41, 5.74) is 0. The molecule has 0 saturated carbocycles. The Morgan fingerprint density at radius 3 is 2.38 bits per heavy atom. The average Bonchev–Trinajstić information content (AvgIpc) is 2.46. The van der Waals surface area contributed by atoms with Gasteiger partial charge in [-0.05, 0) is 12.8 Å². The first-order valence-corrected chi connectivity index (χ1v) is 9.17. The van der Waals surface area contributed by atoms with Crippen LogP contribution in [-0.2, 0) is 10.0 Å². The van der Waals surface area contributed by atoms with Gasteiger partial charge in [-0.3, -0.25) is 4.99 Å². The summed E-state index contributed by atoms with van der Waals surface area (Å²) in [4.78, 5) is 6.24. The van der Waals surface area contributed by atoms with E-state index in [1.54, 1.807) is 7.05 Å². The van der Waals surface area contributed by atoms with Crippen LogP contribution in [-0.4, -0.2) is 80.3 Å². The summed E-state index contributed by atoms with van der Waals surface area (Å²) in [5.74, 6) is 0.765. The second-order valence-electron chi connectivity index (χ2n) is 5.09. The van der Waals surface area contributed by atoms with E-state index in [0.29, 0.717) is 25.6 Å². The standard InChI is InChI=1S/C13H28N4O3S/c1-4-17(5-2)21(19,20)11-8-15-13(14-3)16-9-6-12(18)7-10-16/h12,18H,4-11H2,1-3H3,(H,14,15). The number of aliphatic hydroxyl groups is 1. The molecule has 1 aliphatic rings. The monoisotopic (exact) mass is 320 g/mol. The largest absolute Gasteiger partial charge is 0.393 e. The van der Waals surface area contributed by atoms with Gasteiger partial charge < -0.3 is 15.3 Å². The predicted octanol–water partition coefficient (Wildman–Crippen LogP) is -0.310. The van der Waals surface area contributed by atoms with Crippen molar-refractivity contribution in [2.45, 2.75) is 32.8 Å². The number of piperidine rings is 1. The molecular formula is C13H28N4O3S. The number of nitrogens with zero attached hydrogens (tertiary/aromatic N) is 3. The van der Waals surface area contributed by atoms with Crippen molar-refractivity contribution in [3.05, 3.63) is 0 Å². The van der Waals surface area contributed by atoms with E-state index < -0.39 is 10.0 Å². The highest BCUT2D eigenvalue weighted by molar-refractivity contribution is 7.89. The minimum Gasteiger partial charge on any atom is -0.393 e. The third-order valence-electron chi connectivity index (χ3n) is 3.72. The number of likely N-dealkylation sites (tertiary alicyclic amines) is 1. The zero-order valence-corrected chi connectivity index (χ0v) is 14.1.